The molecule has 0 aliphatic rings. The highest BCUT2D eigenvalue weighted by molar-refractivity contribution is 5.62. The third-order valence-corrected chi connectivity index (χ3v) is 3.40. The van der Waals surface area contributed by atoms with Crippen LogP contribution < -0.4 is 5.56 Å². The standard InChI is InChI=1S/C15H16N4O2/c1-15(2,3)10-6-4-9(5-7-10)8-11-14(20)17-13-12(16-11)18-21-19-13/h4-7H,8H2,1-3H3,(H,17,19,20). The molecule has 21 heavy (non-hydrogen) atoms. The zero-order chi connectivity index (χ0) is 15.0. The van der Waals surface area contributed by atoms with Crippen LogP contribution in [0.15, 0.2) is 33.7 Å². The second-order valence-electron chi connectivity index (χ2n) is 6.07. The SMILES string of the molecule is CC(C)(C)c1ccc(Cc2nc3nonc3[nH]c2=O)cc1. The van der Waals surface area contributed by atoms with Crippen molar-refractivity contribution in [3.05, 3.63) is 51.4 Å². The molecule has 2 heterocycles. The highest BCUT2D eigenvalue weighted by Gasteiger charge is 2.14. The number of rotatable bonds is 2. The van der Waals surface area contributed by atoms with E-state index < -0.39 is 0 Å². The molecule has 0 spiro atoms. The van der Waals surface area contributed by atoms with Gasteiger partial charge in [0.1, 0.15) is 5.69 Å². The van der Waals surface area contributed by atoms with E-state index in [1.807, 2.05) is 12.1 Å². The van der Waals surface area contributed by atoms with Gasteiger partial charge in [0.2, 0.25) is 11.3 Å². The average molecular weight is 284 g/mol. The third-order valence-electron chi connectivity index (χ3n) is 3.40. The minimum absolute atomic E-state index is 0.111. The number of nitrogens with one attached hydrogen (secondary N) is 1. The van der Waals surface area contributed by atoms with Gasteiger partial charge in [-0.05, 0) is 26.9 Å². The molecule has 0 saturated heterocycles. The maximum atomic E-state index is 11.9. The van der Waals surface area contributed by atoms with Crippen LogP contribution in [0.4, 0.5) is 0 Å². The van der Waals surface area contributed by atoms with Gasteiger partial charge in [-0.15, -0.1) is 0 Å². The van der Waals surface area contributed by atoms with E-state index in [2.05, 4.69) is 57.8 Å². The summed E-state index contributed by atoms with van der Waals surface area (Å²) in [6.45, 7) is 6.50. The second-order valence-corrected chi connectivity index (χ2v) is 6.07. The van der Waals surface area contributed by atoms with Crippen LogP contribution in [0.3, 0.4) is 0 Å². The quantitative estimate of drug-likeness (QED) is 0.779. The Morgan fingerprint density at radius 3 is 2.52 bits per heavy atom. The predicted octanol–water partition coefficient (Wildman–Crippen LogP) is 2.19. The summed E-state index contributed by atoms with van der Waals surface area (Å²) in [7, 11) is 0. The lowest BCUT2D eigenvalue weighted by Crippen LogP contribution is -2.16. The summed E-state index contributed by atoms with van der Waals surface area (Å²) in [5.74, 6) is 0. The maximum absolute atomic E-state index is 11.9. The lowest BCUT2D eigenvalue weighted by Gasteiger charge is -2.19. The largest absolute Gasteiger partial charge is 0.299 e. The maximum Gasteiger partial charge on any atom is 0.271 e. The van der Waals surface area contributed by atoms with Gasteiger partial charge < -0.3 is 0 Å². The number of fused-ring (bicyclic) bond motifs is 1. The molecule has 0 aliphatic heterocycles. The molecule has 0 radical (unpaired) electrons. The first-order chi connectivity index (χ1) is 9.93. The molecule has 0 amide bonds. The van der Waals surface area contributed by atoms with E-state index in [1.54, 1.807) is 0 Å². The Hall–Kier alpha value is -2.50. The highest BCUT2D eigenvalue weighted by Crippen LogP contribution is 2.22. The Kier molecular flexibility index (Phi) is 3.08. The Bertz CT molecular complexity index is 825. The summed E-state index contributed by atoms with van der Waals surface area (Å²) in [6.07, 6.45) is 0.447. The van der Waals surface area contributed by atoms with Gasteiger partial charge in [-0.1, -0.05) is 45.0 Å². The van der Waals surface area contributed by atoms with E-state index in [0.717, 1.165) is 5.56 Å². The number of hydrogen-bond acceptors (Lipinski definition) is 5. The van der Waals surface area contributed by atoms with Gasteiger partial charge in [-0.2, -0.15) is 0 Å². The summed E-state index contributed by atoms with van der Waals surface area (Å²) in [4.78, 5) is 18.7. The van der Waals surface area contributed by atoms with Crippen LogP contribution in [0.1, 0.15) is 37.6 Å². The van der Waals surface area contributed by atoms with Gasteiger partial charge in [0.05, 0.1) is 0 Å². The van der Waals surface area contributed by atoms with Crippen LogP contribution in [0.5, 0.6) is 0 Å². The van der Waals surface area contributed by atoms with E-state index in [-0.39, 0.29) is 16.6 Å². The molecule has 1 aromatic carbocycles. The van der Waals surface area contributed by atoms with Crippen LogP contribution in [0.2, 0.25) is 0 Å². The number of H-pyrrole nitrogens is 1. The molecular formula is C15H16N4O2. The summed E-state index contributed by atoms with van der Waals surface area (Å²) in [5.41, 5.74) is 3.11. The molecule has 6 heteroatoms. The fourth-order valence-corrected chi connectivity index (χ4v) is 2.13. The van der Waals surface area contributed by atoms with E-state index in [4.69, 9.17) is 0 Å². The van der Waals surface area contributed by atoms with Crippen molar-refractivity contribution in [3.63, 3.8) is 0 Å². The second kappa shape index (κ2) is 4.80. The summed E-state index contributed by atoms with van der Waals surface area (Å²) in [6, 6.07) is 8.21. The molecule has 0 bridgehead atoms. The fourth-order valence-electron chi connectivity index (χ4n) is 2.13. The zero-order valence-electron chi connectivity index (χ0n) is 12.2. The fraction of sp³-hybridized carbons (Fsp3) is 0.333. The Balaban J connectivity index is 1.91. The van der Waals surface area contributed by atoms with Gasteiger partial charge in [-0.25, -0.2) is 9.61 Å². The molecule has 0 unspecified atom stereocenters. The molecule has 3 rings (SSSR count). The lowest BCUT2D eigenvalue weighted by atomic mass is 9.86. The first-order valence-electron chi connectivity index (χ1n) is 6.74. The Morgan fingerprint density at radius 2 is 1.86 bits per heavy atom. The molecule has 0 fully saturated rings. The monoisotopic (exact) mass is 284 g/mol. The smallest absolute Gasteiger partial charge is 0.271 e. The molecule has 6 nitrogen and oxygen atoms in total. The van der Waals surface area contributed by atoms with E-state index in [9.17, 15) is 4.79 Å². The van der Waals surface area contributed by atoms with Crippen LogP contribution in [-0.2, 0) is 11.8 Å². The van der Waals surface area contributed by atoms with Gasteiger partial charge in [0.15, 0.2) is 0 Å². The first kappa shape index (κ1) is 13.5. The summed E-state index contributed by atoms with van der Waals surface area (Å²) < 4.78 is 4.55. The van der Waals surface area contributed by atoms with Crippen molar-refractivity contribution in [2.75, 3.05) is 0 Å². The van der Waals surface area contributed by atoms with Gasteiger partial charge in [0.25, 0.3) is 5.56 Å². The van der Waals surface area contributed by atoms with Crippen molar-refractivity contribution in [3.8, 4) is 0 Å². The van der Waals surface area contributed by atoms with Crippen molar-refractivity contribution in [2.24, 2.45) is 0 Å². The molecule has 3 aromatic rings. The topological polar surface area (TPSA) is 84.7 Å². The molecule has 0 atom stereocenters. The van der Waals surface area contributed by atoms with Gasteiger partial charge in [-0.3, -0.25) is 9.78 Å². The van der Waals surface area contributed by atoms with Crippen LogP contribution in [-0.4, -0.2) is 20.3 Å². The molecular weight excluding hydrogens is 268 g/mol. The molecule has 0 aliphatic carbocycles. The predicted molar refractivity (Wildman–Crippen MR) is 78.2 cm³/mol. The van der Waals surface area contributed by atoms with E-state index >= 15 is 0 Å². The number of aromatic amines is 1. The molecule has 2 aromatic heterocycles. The molecule has 108 valence electrons. The average Bonchev–Trinajstić information content (AvgIpc) is 2.86. The summed E-state index contributed by atoms with van der Waals surface area (Å²) in [5, 5.41) is 7.20. The van der Waals surface area contributed by atoms with Crippen molar-refractivity contribution >= 4 is 11.3 Å². The van der Waals surface area contributed by atoms with E-state index in [0.29, 0.717) is 17.8 Å². The Morgan fingerprint density at radius 1 is 1.14 bits per heavy atom. The number of benzene rings is 1. The van der Waals surface area contributed by atoms with Gasteiger partial charge >= 0.3 is 0 Å². The van der Waals surface area contributed by atoms with Crippen molar-refractivity contribution in [2.45, 2.75) is 32.6 Å². The van der Waals surface area contributed by atoms with Crippen LogP contribution >= 0.6 is 0 Å². The Labute approximate surface area is 121 Å². The molecule has 1 N–H and O–H groups in total. The number of aromatic nitrogens is 4. The first-order valence-corrected chi connectivity index (χ1v) is 6.74. The van der Waals surface area contributed by atoms with Crippen LogP contribution in [0, 0.1) is 0 Å². The van der Waals surface area contributed by atoms with Crippen LogP contribution in [0.25, 0.3) is 11.3 Å². The third kappa shape index (κ3) is 2.69. The normalized spacial score (nSPS) is 12.0. The van der Waals surface area contributed by atoms with Crippen molar-refractivity contribution in [1.29, 1.82) is 0 Å². The molecule has 0 saturated carbocycles. The van der Waals surface area contributed by atoms with Gasteiger partial charge in [0, 0.05) is 6.42 Å². The summed E-state index contributed by atoms with van der Waals surface area (Å²) >= 11 is 0. The lowest BCUT2D eigenvalue weighted by molar-refractivity contribution is 0.314. The highest BCUT2D eigenvalue weighted by atomic mass is 16.6. The zero-order valence-corrected chi connectivity index (χ0v) is 12.2. The number of hydrogen-bond donors (Lipinski definition) is 1. The van der Waals surface area contributed by atoms with Crippen molar-refractivity contribution < 1.29 is 4.63 Å². The minimum Gasteiger partial charge on any atom is -0.299 e. The minimum atomic E-state index is -0.266. The van der Waals surface area contributed by atoms with E-state index in [1.165, 1.54) is 5.56 Å². The van der Waals surface area contributed by atoms with Crippen molar-refractivity contribution in [1.82, 2.24) is 20.3 Å². The number of nitrogens with zero attached hydrogens (tertiary/aromatic N) is 3.